The fourth-order valence-corrected chi connectivity index (χ4v) is 5.83. The summed E-state index contributed by atoms with van der Waals surface area (Å²) in [6.45, 7) is 10.4. The highest BCUT2D eigenvalue weighted by Crippen LogP contribution is 2.39. The smallest absolute Gasteiger partial charge is 0.333 e. The summed E-state index contributed by atoms with van der Waals surface area (Å²) in [5.41, 5.74) is 8.27. The first-order chi connectivity index (χ1) is 18.0. The maximum atomic E-state index is 11.8. The number of aliphatic hydroxyl groups is 1. The van der Waals surface area contributed by atoms with Crippen LogP contribution in [-0.4, -0.2) is 24.3 Å². The lowest BCUT2D eigenvalue weighted by molar-refractivity contribution is -0.138. The van der Waals surface area contributed by atoms with Crippen molar-refractivity contribution in [1.29, 1.82) is 0 Å². The van der Waals surface area contributed by atoms with Gasteiger partial charge in [-0.15, -0.1) is 0 Å². The Kier molecular flexibility index (Phi) is 11.9. The third kappa shape index (κ3) is 8.57. The first-order valence-electron chi connectivity index (χ1n) is 14.6. The van der Waals surface area contributed by atoms with E-state index in [1.807, 2.05) is 0 Å². The lowest BCUT2D eigenvalue weighted by Gasteiger charge is -2.29. The van der Waals surface area contributed by atoms with E-state index in [0.29, 0.717) is 24.5 Å². The molecule has 1 fully saturated rings. The van der Waals surface area contributed by atoms with Gasteiger partial charge in [0.05, 0.1) is 6.61 Å². The second-order valence-electron chi connectivity index (χ2n) is 11.0. The van der Waals surface area contributed by atoms with Gasteiger partial charge in [0, 0.05) is 18.6 Å². The molecule has 0 unspecified atom stereocenters. The van der Waals surface area contributed by atoms with E-state index in [-0.39, 0.29) is 12.6 Å². The van der Waals surface area contributed by atoms with Gasteiger partial charge in [-0.1, -0.05) is 82.5 Å². The maximum Gasteiger partial charge on any atom is 0.333 e. The minimum absolute atomic E-state index is 0.175. The molecular weight excluding hydrogens is 456 g/mol. The van der Waals surface area contributed by atoms with E-state index >= 15 is 0 Å². The van der Waals surface area contributed by atoms with Crippen LogP contribution in [0.3, 0.4) is 0 Å². The van der Waals surface area contributed by atoms with E-state index in [0.717, 1.165) is 25.2 Å². The van der Waals surface area contributed by atoms with Crippen LogP contribution in [0.2, 0.25) is 0 Å². The Balaban J connectivity index is 1.75. The number of ether oxygens (including phenoxy) is 1. The molecule has 0 aliphatic heterocycles. The van der Waals surface area contributed by atoms with Crippen molar-refractivity contribution in [1.82, 2.24) is 0 Å². The minimum atomic E-state index is -0.341. The lowest BCUT2D eigenvalue weighted by Crippen LogP contribution is -2.13. The van der Waals surface area contributed by atoms with Crippen LogP contribution in [0.4, 0.5) is 0 Å². The topological polar surface area (TPSA) is 46.5 Å². The molecule has 0 atom stereocenters. The highest BCUT2D eigenvalue weighted by molar-refractivity contribution is 5.86. The Morgan fingerprint density at radius 3 is 2.41 bits per heavy atom. The van der Waals surface area contributed by atoms with Crippen LogP contribution in [0.5, 0.6) is 0 Å². The quantitative estimate of drug-likeness (QED) is 0.160. The summed E-state index contributed by atoms with van der Waals surface area (Å²) in [5, 5.41) is 9.35. The number of unbranched alkanes of at least 4 members (excludes halogenated alkanes) is 2. The number of carbonyl (C=O) groups is 1. The number of benzene rings is 2. The Morgan fingerprint density at radius 1 is 0.946 bits per heavy atom. The van der Waals surface area contributed by atoms with Gasteiger partial charge in [-0.25, -0.2) is 4.79 Å². The van der Waals surface area contributed by atoms with Gasteiger partial charge in [-0.05, 0) is 97.1 Å². The summed E-state index contributed by atoms with van der Waals surface area (Å²) in [7, 11) is 0. The van der Waals surface area contributed by atoms with E-state index in [1.54, 1.807) is 6.92 Å². The minimum Gasteiger partial charge on any atom is -0.462 e. The van der Waals surface area contributed by atoms with Crippen LogP contribution < -0.4 is 0 Å². The number of aliphatic hydroxyl groups excluding tert-OH is 1. The molecule has 1 aliphatic rings. The van der Waals surface area contributed by atoms with Crippen molar-refractivity contribution in [2.75, 3.05) is 13.2 Å². The number of hydrogen-bond acceptors (Lipinski definition) is 3. The predicted octanol–water partition coefficient (Wildman–Crippen LogP) is 8.36. The zero-order valence-electron chi connectivity index (χ0n) is 23.5. The fraction of sp³-hybridized carbons (Fsp3) is 0.559. The van der Waals surface area contributed by atoms with Gasteiger partial charge in [0.25, 0.3) is 0 Å². The Hall–Kier alpha value is -2.39. The molecule has 2 aromatic rings. The monoisotopic (exact) mass is 504 g/mol. The average Bonchev–Trinajstić information content (AvgIpc) is 2.92. The van der Waals surface area contributed by atoms with Crippen molar-refractivity contribution < 1.29 is 14.6 Å². The van der Waals surface area contributed by atoms with Crippen molar-refractivity contribution in [3.05, 3.63) is 70.8 Å². The van der Waals surface area contributed by atoms with Crippen LogP contribution in [0.15, 0.2) is 48.6 Å². The Labute approximate surface area is 225 Å². The summed E-state index contributed by atoms with van der Waals surface area (Å²) < 4.78 is 5.39. The molecule has 202 valence electrons. The van der Waals surface area contributed by atoms with E-state index in [1.165, 1.54) is 84.7 Å². The van der Waals surface area contributed by atoms with Crippen LogP contribution in [-0.2, 0) is 28.8 Å². The van der Waals surface area contributed by atoms with Gasteiger partial charge >= 0.3 is 5.97 Å². The van der Waals surface area contributed by atoms with Crippen LogP contribution in [0, 0.1) is 5.92 Å². The number of esters is 1. The highest BCUT2D eigenvalue weighted by atomic mass is 16.5. The Bertz CT molecular complexity index is 1010. The van der Waals surface area contributed by atoms with Crippen LogP contribution >= 0.6 is 0 Å². The molecule has 2 aromatic carbocycles. The highest BCUT2D eigenvalue weighted by Gasteiger charge is 2.23. The van der Waals surface area contributed by atoms with Crippen molar-refractivity contribution >= 4 is 5.97 Å². The summed E-state index contributed by atoms with van der Waals surface area (Å²) in [5.74, 6) is 1.29. The summed E-state index contributed by atoms with van der Waals surface area (Å²) >= 11 is 0. The van der Waals surface area contributed by atoms with Crippen LogP contribution in [0.25, 0.3) is 11.1 Å². The molecule has 0 bridgehead atoms. The molecule has 0 amide bonds. The van der Waals surface area contributed by atoms with Gasteiger partial charge in [-0.3, -0.25) is 0 Å². The third-order valence-electron chi connectivity index (χ3n) is 8.12. The van der Waals surface area contributed by atoms with Gasteiger partial charge in [-0.2, -0.15) is 0 Å². The average molecular weight is 505 g/mol. The molecule has 37 heavy (non-hydrogen) atoms. The predicted molar refractivity (Wildman–Crippen MR) is 155 cm³/mol. The van der Waals surface area contributed by atoms with E-state index in [9.17, 15) is 9.90 Å². The molecule has 0 aromatic heterocycles. The molecule has 1 N–H and O–H groups in total. The zero-order chi connectivity index (χ0) is 26.6. The number of carbonyl (C=O) groups excluding carboxylic acids is 1. The maximum absolute atomic E-state index is 11.8. The largest absolute Gasteiger partial charge is 0.462 e. The Morgan fingerprint density at radius 2 is 1.73 bits per heavy atom. The van der Waals surface area contributed by atoms with Gasteiger partial charge in [0.2, 0.25) is 0 Å². The van der Waals surface area contributed by atoms with E-state index < -0.39 is 0 Å². The molecule has 0 saturated heterocycles. The fourth-order valence-electron chi connectivity index (χ4n) is 5.83. The summed E-state index contributed by atoms with van der Waals surface area (Å²) in [4.78, 5) is 11.8. The van der Waals surface area contributed by atoms with Crippen LogP contribution in [0.1, 0.15) is 107 Å². The lowest BCUT2D eigenvalue weighted by atomic mass is 9.76. The third-order valence-corrected chi connectivity index (χ3v) is 8.12. The molecule has 0 heterocycles. The molecule has 3 nitrogen and oxygen atoms in total. The number of aryl methyl sites for hydroxylation is 2. The molecule has 0 spiro atoms. The van der Waals surface area contributed by atoms with Crippen molar-refractivity contribution in [3.8, 4) is 11.1 Å². The molecule has 3 heteroatoms. The number of rotatable bonds is 14. The zero-order valence-corrected chi connectivity index (χ0v) is 23.5. The summed E-state index contributed by atoms with van der Waals surface area (Å²) in [6.07, 6.45) is 14.1. The van der Waals surface area contributed by atoms with Gasteiger partial charge in [0.1, 0.15) is 0 Å². The first-order valence-corrected chi connectivity index (χ1v) is 14.6. The molecule has 3 rings (SSSR count). The SMILES string of the molecule is C=C(C)C(=O)OCCc1cc(-c2ccc(C3CCC(CCCCC)CC3)cc2CC)ccc1CCCO. The normalized spacial score (nSPS) is 17.5. The summed E-state index contributed by atoms with van der Waals surface area (Å²) in [6, 6.07) is 13.8. The molecule has 1 saturated carbocycles. The van der Waals surface area contributed by atoms with Crippen molar-refractivity contribution in [3.63, 3.8) is 0 Å². The van der Waals surface area contributed by atoms with Crippen molar-refractivity contribution in [2.24, 2.45) is 5.92 Å². The molecule has 1 aliphatic carbocycles. The van der Waals surface area contributed by atoms with Gasteiger partial charge in [0.15, 0.2) is 0 Å². The number of hydrogen-bond donors (Lipinski definition) is 1. The van der Waals surface area contributed by atoms with Crippen molar-refractivity contribution in [2.45, 2.75) is 104 Å². The van der Waals surface area contributed by atoms with E-state index in [2.05, 4.69) is 56.8 Å². The van der Waals surface area contributed by atoms with E-state index in [4.69, 9.17) is 4.74 Å². The molecular formula is C34H48O3. The second kappa shape index (κ2) is 15.1. The van der Waals surface area contributed by atoms with Gasteiger partial charge < -0.3 is 9.84 Å². The second-order valence-corrected chi connectivity index (χ2v) is 11.0. The molecule has 0 radical (unpaired) electrons. The first kappa shape index (κ1) is 29.2. The standard InChI is InChI=1S/C34H48O3/c1-5-7-8-10-26-12-14-29(15-13-26)30-18-19-33(27(6-2)23-30)32-17-16-28(11-9-21-35)31(24-32)20-22-37-34(36)25(3)4/h16-19,23-24,26,29,35H,3,5-15,20-22H2,1-2,4H3.